The smallest absolute Gasteiger partial charge is 0.132 e. The molecule has 3 heteroatoms. The Labute approximate surface area is 97.7 Å². The van der Waals surface area contributed by atoms with Gasteiger partial charge in [-0.3, -0.25) is 0 Å². The third-order valence-corrected chi connectivity index (χ3v) is 3.05. The summed E-state index contributed by atoms with van der Waals surface area (Å²) in [6.45, 7) is 5.42. The van der Waals surface area contributed by atoms with Gasteiger partial charge in [-0.1, -0.05) is 20.3 Å². The maximum Gasteiger partial charge on any atom is 0.132 e. The van der Waals surface area contributed by atoms with E-state index in [2.05, 4.69) is 29.1 Å². The van der Waals surface area contributed by atoms with Crippen molar-refractivity contribution in [2.24, 2.45) is 5.92 Å². The summed E-state index contributed by atoms with van der Waals surface area (Å²) < 4.78 is 0. The number of aryl methyl sites for hydroxylation is 1. The lowest BCUT2D eigenvalue weighted by Crippen LogP contribution is -2.12. The largest absolute Gasteiger partial charge is 0.369 e. The monoisotopic (exact) mass is 219 g/mol. The van der Waals surface area contributed by atoms with Crippen molar-refractivity contribution in [2.75, 3.05) is 11.9 Å². The van der Waals surface area contributed by atoms with Gasteiger partial charge in [0.2, 0.25) is 0 Å². The topological polar surface area (TPSA) is 37.8 Å². The lowest BCUT2D eigenvalue weighted by Gasteiger charge is -2.13. The van der Waals surface area contributed by atoms with Crippen LogP contribution in [0.15, 0.2) is 6.33 Å². The molecule has 0 amide bonds. The Morgan fingerprint density at radius 1 is 1.19 bits per heavy atom. The summed E-state index contributed by atoms with van der Waals surface area (Å²) >= 11 is 0. The molecule has 0 unspecified atom stereocenters. The van der Waals surface area contributed by atoms with E-state index in [0.717, 1.165) is 25.2 Å². The normalized spacial score (nSPS) is 15.7. The van der Waals surface area contributed by atoms with Crippen LogP contribution >= 0.6 is 0 Å². The molecule has 88 valence electrons. The van der Waals surface area contributed by atoms with Gasteiger partial charge >= 0.3 is 0 Å². The summed E-state index contributed by atoms with van der Waals surface area (Å²) in [5.41, 5.74) is 2.62. The summed E-state index contributed by atoms with van der Waals surface area (Å²) in [6, 6.07) is 0. The van der Waals surface area contributed by atoms with Crippen LogP contribution in [-0.4, -0.2) is 16.5 Å². The van der Waals surface area contributed by atoms with Gasteiger partial charge in [0.25, 0.3) is 0 Å². The molecule has 1 heterocycles. The molecule has 16 heavy (non-hydrogen) atoms. The number of fused-ring (bicyclic) bond motifs is 1. The molecule has 0 atom stereocenters. The fourth-order valence-corrected chi connectivity index (χ4v) is 2.15. The molecule has 3 nitrogen and oxygen atoms in total. The number of nitrogens with zero attached hydrogens (tertiary/aromatic N) is 2. The second kappa shape index (κ2) is 5.28. The molecule has 0 aromatic carbocycles. The predicted octanol–water partition coefficient (Wildman–Crippen LogP) is 2.81. The number of hydrogen-bond acceptors (Lipinski definition) is 3. The van der Waals surface area contributed by atoms with E-state index in [0.29, 0.717) is 5.92 Å². The highest BCUT2D eigenvalue weighted by Crippen LogP contribution is 2.23. The first-order valence-corrected chi connectivity index (χ1v) is 6.34. The van der Waals surface area contributed by atoms with Gasteiger partial charge in [0.05, 0.1) is 0 Å². The van der Waals surface area contributed by atoms with Crippen LogP contribution in [0.25, 0.3) is 0 Å². The van der Waals surface area contributed by atoms with Crippen molar-refractivity contribution in [2.45, 2.75) is 46.0 Å². The summed E-state index contributed by atoms with van der Waals surface area (Å²) in [6.07, 6.45) is 7.82. The molecule has 0 aliphatic heterocycles. The molecule has 1 aliphatic carbocycles. The number of anilines is 1. The first kappa shape index (κ1) is 11.4. The molecule has 1 aliphatic rings. The Hall–Kier alpha value is -1.12. The third kappa shape index (κ3) is 2.71. The van der Waals surface area contributed by atoms with Gasteiger partial charge in [-0.05, 0) is 31.6 Å². The fraction of sp³-hybridized carbons (Fsp3) is 0.692. The molecular weight excluding hydrogens is 198 g/mol. The summed E-state index contributed by atoms with van der Waals surface area (Å²) in [7, 11) is 0. The summed E-state index contributed by atoms with van der Waals surface area (Å²) in [5.74, 6) is 1.72. The average Bonchev–Trinajstić information content (AvgIpc) is 2.51. The highest BCUT2D eigenvalue weighted by Gasteiger charge is 2.13. The van der Waals surface area contributed by atoms with Crippen molar-refractivity contribution in [3.8, 4) is 0 Å². The molecule has 2 rings (SSSR count). The molecule has 1 aromatic heterocycles. The van der Waals surface area contributed by atoms with Crippen molar-refractivity contribution in [1.29, 1.82) is 0 Å². The zero-order valence-electron chi connectivity index (χ0n) is 10.3. The quantitative estimate of drug-likeness (QED) is 0.794. The van der Waals surface area contributed by atoms with E-state index in [9.17, 15) is 0 Å². The molecule has 0 saturated heterocycles. The highest BCUT2D eigenvalue weighted by atomic mass is 15.0. The Bertz CT molecular complexity index is 347. The van der Waals surface area contributed by atoms with Gasteiger partial charge in [-0.2, -0.15) is 0 Å². The van der Waals surface area contributed by atoms with Crippen LogP contribution in [0.1, 0.15) is 44.4 Å². The molecule has 0 radical (unpaired) electrons. The Balaban J connectivity index is 2.17. The van der Waals surface area contributed by atoms with E-state index < -0.39 is 0 Å². The summed E-state index contributed by atoms with van der Waals surface area (Å²) in [4.78, 5) is 8.80. The Morgan fingerprint density at radius 3 is 2.81 bits per heavy atom. The SMILES string of the molecule is CC(C)CNc1ncnc2c1CCCCC2. The number of nitrogens with one attached hydrogen (secondary N) is 1. The van der Waals surface area contributed by atoms with Crippen LogP contribution in [-0.2, 0) is 12.8 Å². The Kier molecular flexibility index (Phi) is 3.75. The minimum atomic E-state index is 0.649. The minimum Gasteiger partial charge on any atom is -0.369 e. The maximum absolute atomic E-state index is 4.42. The van der Waals surface area contributed by atoms with Gasteiger partial charge in [-0.25, -0.2) is 9.97 Å². The van der Waals surface area contributed by atoms with E-state index >= 15 is 0 Å². The van der Waals surface area contributed by atoms with Crippen LogP contribution in [0.2, 0.25) is 0 Å². The number of aromatic nitrogens is 2. The first-order valence-electron chi connectivity index (χ1n) is 6.34. The van der Waals surface area contributed by atoms with Gasteiger partial charge in [0.15, 0.2) is 0 Å². The molecule has 0 bridgehead atoms. The van der Waals surface area contributed by atoms with E-state index in [1.165, 1.54) is 30.5 Å². The van der Waals surface area contributed by atoms with E-state index in [-0.39, 0.29) is 0 Å². The third-order valence-electron chi connectivity index (χ3n) is 3.05. The van der Waals surface area contributed by atoms with Crippen molar-refractivity contribution >= 4 is 5.82 Å². The zero-order valence-corrected chi connectivity index (χ0v) is 10.3. The van der Waals surface area contributed by atoms with Crippen LogP contribution in [0, 0.1) is 5.92 Å². The highest BCUT2D eigenvalue weighted by molar-refractivity contribution is 5.46. The van der Waals surface area contributed by atoms with Gasteiger partial charge in [0.1, 0.15) is 12.1 Å². The zero-order chi connectivity index (χ0) is 11.4. The van der Waals surface area contributed by atoms with Gasteiger partial charge in [0, 0.05) is 17.8 Å². The summed E-state index contributed by atoms with van der Waals surface area (Å²) in [5, 5.41) is 3.45. The van der Waals surface area contributed by atoms with Crippen LogP contribution < -0.4 is 5.32 Å². The predicted molar refractivity (Wildman–Crippen MR) is 66.6 cm³/mol. The van der Waals surface area contributed by atoms with Gasteiger partial charge < -0.3 is 5.32 Å². The van der Waals surface area contributed by atoms with Crippen molar-refractivity contribution in [3.63, 3.8) is 0 Å². The van der Waals surface area contributed by atoms with Crippen molar-refractivity contribution in [3.05, 3.63) is 17.6 Å². The minimum absolute atomic E-state index is 0.649. The van der Waals surface area contributed by atoms with Crippen molar-refractivity contribution in [1.82, 2.24) is 9.97 Å². The van der Waals surface area contributed by atoms with E-state index in [1.54, 1.807) is 6.33 Å². The average molecular weight is 219 g/mol. The van der Waals surface area contributed by atoms with Crippen LogP contribution in [0.4, 0.5) is 5.82 Å². The van der Waals surface area contributed by atoms with Crippen molar-refractivity contribution < 1.29 is 0 Å². The first-order chi connectivity index (χ1) is 7.77. The molecule has 0 fully saturated rings. The number of rotatable bonds is 3. The molecule has 1 aromatic rings. The standard InChI is InChI=1S/C13H21N3/c1-10(2)8-14-13-11-6-4-3-5-7-12(11)15-9-16-13/h9-10H,3-8H2,1-2H3,(H,14,15,16). The molecule has 1 N–H and O–H groups in total. The molecule has 0 saturated carbocycles. The lowest BCUT2D eigenvalue weighted by molar-refractivity contribution is 0.684. The fourth-order valence-electron chi connectivity index (χ4n) is 2.15. The maximum atomic E-state index is 4.42. The van der Waals surface area contributed by atoms with E-state index in [1.807, 2.05) is 0 Å². The second-order valence-corrected chi connectivity index (χ2v) is 4.98. The number of hydrogen-bond donors (Lipinski definition) is 1. The van der Waals surface area contributed by atoms with Crippen LogP contribution in [0.5, 0.6) is 0 Å². The molecular formula is C13H21N3. The molecule has 0 spiro atoms. The Morgan fingerprint density at radius 2 is 2.00 bits per heavy atom. The van der Waals surface area contributed by atoms with Crippen LogP contribution in [0.3, 0.4) is 0 Å². The van der Waals surface area contributed by atoms with Gasteiger partial charge in [-0.15, -0.1) is 0 Å². The van der Waals surface area contributed by atoms with E-state index in [4.69, 9.17) is 0 Å². The second-order valence-electron chi connectivity index (χ2n) is 4.98. The lowest BCUT2D eigenvalue weighted by atomic mass is 10.1.